The first-order valence-electron chi connectivity index (χ1n) is 6.24. The smallest absolute Gasteiger partial charge is 0.234 e. The lowest BCUT2D eigenvalue weighted by Crippen LogP contribution is -2.14. The largest absolute Gasteiger partial charge is 0.497 e. The van der Waals surface area contributed by atoms with Gasteiger partial charge in [-0.25, -0.2) is 9.97 Å². The van der Waals surface area contributed by atoms with Gasteiger partial charge in [0.05, 0.1) is 12.9 Å². The standard InChI is InChI=1S/C14H16N4O2S/c1-9-6-12(15)18-14(16-9)21-8-13(19)17-10-4-3-5-11(7-10)20-2/h3-7H,8H2,1-2H3,(H,17,19)(H2,15,16,18). The van der Waals surface area contributed by atoms with E-state index in [0.717, 1.165) is 5.69 Å². The van der Waals surface area contributed by atoms with Gasteiger partial charge in [-0.05, 0) is 19.1 Å². The molecule has 2 aromatic rings. The lowest BCUT2D eigenvalue weighted by molar-refractivity contribution is -0.113. The monoisotopic (exact) mass is 304 g/mol. The summed E-state index contributed by atoms with van der Waals surface area (Å²) in [5.41, 5.74) is 7.10. The Bertz CT molecular complexity index is 628. The van der Waals surface area contributed by atoms with Crippen LogP contribution in [0.15, 0.2) is 35.5 Å². The molecule has 0 aliphatic carbocycles. The third-order valence-corrected chi connectivity index (χ3v) is 3.39. The Morgan fingerprint density at radius 3 is 2.90 bits per heavy atom. The Morgan fingerprint density at radius 1 is 1.38 bits per heavy atom. The highest BCUT2D eigenvalue weighted by atomic mass is 32.2. The number of thioether (sulfide) groups is 1. The first kappa shape index (κ1) is 15.1. The molecule has 21 heavy (non-hydrogen) atoms. The first-order valence-corrected chi connectivity index (χ1v) is 7.23. The summed E-state index contributed by atoms with van der Waals surface area (Å²) in [5.74, 6) is 1.16. The molecule has 0 fully saturated rings. The maximum atomic E-state index is 11.9. The summed E-state index contributed by atoms with van der Waals surface area (Å²) in [6.07, 6.45) is 0. The van der Waals surface area contributed by atoms with E-state index in [1.165, 1.54) is 11.8 Å². The van der Waals surface area contributed by atoms with Crippen molar-refractivity contribution in [1.29, 1.82) is 0 Å². The molecule has 0 atom stereocenters. The zero-order valence-electron chi connectivity index (χ0n) is 11.8. The third kappa shape index (κ3) is 4.64. The maximum Gasteiger partial charge on any atom is 0.234 e. The van der Waals surface area contributed by atoms with Gasteiger partial charge in [-0.1, -0.05) is 17.8 Å². The molecule has 0 saturated heterocycles. The number of hydrogen-bond acceptors (Lipinski definition) is 6. The highest BCUT2D eigenvalue weighted by molar-refractivity contribution is 7.99. The van der Waals surface area contributed by atoms with E-state index in [2.05, 4.69) is 15.3 Å². The second-order valence-electron chi connectivity index (χ2n) is 4.29. The SMILES string of the molecule is COc1cccc(NC(=O)CSc2nc(C)cc(N)n2)c1. The minimum absolute atomic E-state index is 0.142. The van der Waals surface area contributed by atoms with Crippen molar-refractivity contribution in [3.8, 4) is 5.75 Å². The number of anilines is 2. The Balaban J connectivity index is 1.92. The molecule has 0 saturated carbocycles. The molecule has 1 amide bonds. The summed E-state index contributed by atoms with van der Waals surface area (Å²) < 4.78 is 5.10. The van der Waals surface area contributed by atoms with Crippen LogP contribution in [0.4, 0.5) is 11.5 Å². The Labute approximate surface area is 127 Å². The second-order valence-corrected chi connectivity index (χ2v) is 5.23. The van der Waals surface area contributed by atoms with Crippen molar-refractivity contribution in [3.63, 3.8) is 0 Å². The number of aryl methyl sites for hydroxylation is 1. The lowest BCUT2D eigenvalue weighted by Gasteiger charge is -2.07. The van der Waals surface area contributed by atoms with Gasteiger partial charge < -0.3 is 15.8 Å². The lowest BCUT2D eigenvalue weighted by atomic mass is 10.3. The predicted octanol–water partition coefficient (Wildman–Crippen LogP) is 2.11. The fraction of sp³-hybridized carbons (Fsp3) is 0.214. The zero-order chi connectivity index (χ0) is 15.2. The van der Waals surface area contributed by atoms with Crippen molar-refractivity contribution in [2.24, 2.45) is 0 Å². The number of carbonyl (C=O) groups is 1. The van der Waals surface area contributed by atoms with Crippen molar-refractivity contribution in [2.75, 3.05) is 23.9 Å². The van der Waals surface area contributed by atoms with E-state index >= 15 is 0 Å². The molecule has 0 unspecified atom stereocenters. The number of nitrogens with one attached hydrogen (secondary N) is 1. The van der Waals surface area contributed by atoms with Crippen LogP contribution < -0.4 is 15.8 Å². The molecule has 0 aliphatic heterocycles. The molecule has 0 radical (unpaired) electrons. The van der Waals surface area contributed by atoms with Gasteiger partial charge in [0, 0.05) is 23.5 Å². The van der Waals surface area contributed by atoms with E-state index < -0.39 is 0 Å². The molecule has 0 aliphatic rings. The Morgan fingerprint density at radius 2 is 2.19 bits per heavy atom. The maximum absolute atomic E-state index is 11.9. The molecule has 0 bridgehead atoms. The van der Waals surface area contributed by atoms with Crippen LogP contribution in [0.2, 0.25) is 0 Å². The molecule has 1 heterocycles. The predicted molar refractivity (Wildman–Crippen MR) is 83.5 cm³/mol. The van der Waals surface area contributed by atoms with Crippen molar-refractivity contribution in [1.82, 2.24) is 9.97 Å². The molecule has 7 heteroatoms. The first-order chi connectivity index (χ1) is 10.1. The molecule has 2 rings (SSSR count). The van der Waals surface area contributed by atoms with E-state index in [4.69, 9.17) is 10.5 Å². The summed E-state index contributed by atoms with van der Waals surface area (Å²) in [7, 11) is 1.58. The highest BCUT2D eigenvalue weighted by Gasteiger charge is 2.07. The van der Waals surface area contributed by atoms with Crippen molar-refractivity contribution < 1.29 is 9.53 Å². The van der Waals surface area contributed by atoms with Gasteiger partial charge in [0.2, 0.25) is 5.91 Å². The number of aromatic nitrogens is 2. The van der Waals surface area contributed by atoms with E-state index in [9.17, 15) is 4.79 Å². The minimum Gasteiger partial charge on any atom is -0.497 e. The third-order valence-electron chi connectivity index (χ3n) is 2.54. The topological polar surface area (TPSA) is 90.1 Å². The molecule has 1 aromatic heterocycles. The van der Waals surface area contributed by atoms with Crippen LogP contribution in [0.3, 0.4) is 0 Å². The van der Waals surface area contributed by atoms with Crippen molar-refractivity contribution >= 4 is 29.2 Å². The van der Waals surface area contributed by atoms with Crippen molar-refractivity contribution in [2.45, 2.75) is 12.1 Å². The quantitative estimate of drug-likeness (QED) is 0.649. The van der Waals surface area contributed by atoms with Gasteiger partial charge >= 0.3 is 0 Å². The number of carbonyl (C=O) groups excluding carboxylic acids is 1. The van der Waals surface area contributed by atoms with Crippen LogP contribution in [-0.2, 0) is 4.79 Å². The van der Waals surface area contributed by atoms with Gasteiger partial charge in [0.25, 0.3) is 0 Å². The molecule has 0 spiro atoms. The highest BCUT2D eigenvalue weighted by Crippen LogP contribution is 2.18. The molecule has 6 nitrogen and oxygen atoms in total. The molecular formula is C14H16N4O2S. The summed E-state index contributed by atoms with van der Waals surface area (Å²) >= 11 is 1.24. The number of methoxy groups -OCH3 is 1. The normalized spacial score (nSPS) is 10.2. The Kier molecular flexibility index (Phi) is 4.99. The van der Waals surface area contributed by atoms with Gasteiger partial charge in [-0.3, -0.25) is 4.79 Å². The number of hydrogen-bond donors (Lipinski definition) is 2. The number of benzene rings is 1. The number of nitrogens with two attached hydrogens (primary N) is 1. The zero-order valence-corrected chi connectivity index (χ0v) is 12.6. The number of rotatable bonds is 5. The van der Waals surface area contributed by atoms with E-state index in [1.807, 2.05) is 19.1 Å². The fourth-order valence-electron chi connectivity index (χ4n) is 1.66. The summed E-state index contributed by atoms with van der Waals surface area (Å²) in [6.45, 7) is 1.83. The van der Waals surface area contributed by atoms with Crippen LogP contribution in [0, 0.1) is 6.92 Å². The van der Waals surface area contributed by atoms with Crippen LogP contribution in [-0.4, -0.2) is 28.7 Å². The molecular weight excluding hydrogens is 288 g/mol. The van der Waals surface area contributed by atoms with Crippen LogP contribution in [0.25, 0.3) is 0 Å². The summed E-state index contributed by atoms with van der Waals surface area (Å²) in [5, 5.41) is 3.28. The molecule has 1 aromatic carbocycles. The fourth-order valence-corrected chi connectivity index (χ4v) is 2.37. The average molecular weight is 304 g/mol. The van der Waals surface area contributed by atoms with Crippen LogP contribution >= 0.6 is 11.8 Å². The molecule has 3 N–H and O–H groups in total. The van der Waals surface area contributed by atoms with E-state index in [-0.39, 0.29) is 11.7 Å². The second kappa shape index (κ2) is 6.94. The van der Waals surface area contributed by atoms with Gasteiger partial charge in [0.15, 0.2) is 5.16 Å². The van der Waals surface area contributed by atoms with Crippen molar-refractivity contribution in [3.05, 3.63) is 36.0 Å². The number of ether oxygens (including phenoxy) is 1. The summed E-state index contributed by atoms with van der Waals surface area (Å²) in [4.78, 5) is 20.2. The van der Waals surface area contributed by atoms with Crippen LogP contribution in [0.5, 0.6) is 5.75 Å². The van der Waals surface area contributed by atoms with Gasteiger partial charge in [0.1, 0.15) is 11.6 Å². The minimum atomic E-state index is -0.142. The molecule has 110 valence electrons. The van der Waals surface area contributed by atoms with Gasteiger partial charge in [-0.15, -0.1) is 0 Å². The van der Waals surface area contributed by atoms with Crippen LogP contribution in [0.1, 0.15) is 5.69 Å². The van der Waals surface area contributed by atoms with Gasteiger partial charge in [-0.2, -0.15) is 0 Å². The van der Waals surface area contributed by atoms with E-state index in [0.29, 0.717) is 22.4 Å². The van der Waals surface area contributed by atoms with E-state index in [1.54, 1.807) is 25.3 Å². The number of nitrogens with zero attached hydrogens (tertiary/aromatic N) is 2. The Hall–Kier alpha value is -2.28. The number of amides is 1. The number of nitrogen functional groups attached to an aromatic ring is 1. The summed E-state index contributed by atoms with van der Waals surface area (Å²) in [6, 6.07) is 8.86. The average Bonchev–Trinajstić information content (AvgIpc) is 2.44.